The van der Waals surface area contributed by atoms with E-state index in [1.165, 1.54) is 0 Å². The maximum atomic E-state index is 12.2. The first-order valence-corrected chi connectivity index (χ1v) is 8.28. The Morgan fingerprint density at radius 1 is 1.09 bits per heavy atom. The third-order valence-corrected chi connectivity index (χ3v) is 3.48. The van der Waals surface area contributed by atoms with Crippen LogP contribution < -0.4 is 0 Å². The van der Waals surface area contributed by atoms with Crippen molar-refractivity contribution in [1.29, 1.82) is 0 Å². The average molecular weight is 307 g/mol. The van der Waals surface area contributed by atoms with Crippen molar-refractivity contribution in [3.8, 4) is 0 Å². The third-order valence-electron chi connectivity index (χ3n) is 3.48. The summed E-state index contributed by atoms with van der Waals surface area (Å²) in [7, 11) is 0. The molecular weight excluding hydrogens is 278 g/mol. The normalized spacial score (nSPS) is 14.1. The maximum Gasteiger partial charge on any atom is 0.253 e. The Bertz CT molecular complexity index is 424. The molecule has 1 amide bonds. The number of likely N-dealkylation sites (tertiary alicyclic amines) is 1. The lowest BCUT2D eigenvalue weighted by molar-refractivity contribution is 0.0178. The summed E-state index contributed by atoms with van der Waals surface area (Å²) < 4.78 is 10.7. The van der Waals surface area contributed by atoms with Gasteiger partial charge in [0.2, 0.25) is 0 Å². The Morgan fingerprint density at radius 3 is 2.23 bits per heavy atom. The molecule has 1 aliphatic heterocycles. The van der Waals surface area contributed by atoms with Gasteiger partial charge >= 0.3 is 0 Å². The summed E-state index contributed by atoms with van der Waals surface area (Å²) in [5, 5.41) is 0. The molecule has 0 saturated carbocycles. The average Bonchev–Trinajstić information content (AvgIpc) is 2.53. The summed E-state index contributed by atoms with van der Waals surface area (Å²) in [5.74, 6) is 0.608. The van der Waals surface area contributed by atoms with E-state index < -0.39 is 0 Å². The molecule has 0 spiro atoms. The molecule has 124 valence electrons. The van der Waals surface area contributed by atoms with Crippen LogP contribution in [0.2, 0.25) is 0 Å². The number of hydrogen-bond acceptors (Lipinski definition) is 3. The number of ether oxygens (including phenoxy) is 2. The van der Waals surface area contributed by atoms with Gasteiger partial charge in [-0.2, -0.15) is 0 Å². The van der Waals surface area contributed by atoms with Gasteiger partial charge < -0.3 is 14.4 Å². The first-order chi connectivity index (χ1) is 10.7. The Morgan fingerprint density at radius 2 is 1.68 bits per heavy atom. The van der Waals surface area contributed by atoms with Crippen LogP contribution in [-0.4, -0.2) is 43.7 Å². The van der Waals surface area contributed by atoms with Gasteiger partial charge in [0.25, 0.3) is 5.91 Å². The Hall–Kier alpha value is -1.39. The van der Waals surface area contributed by atoms with Gasteiger partial charge in [0.15, 0.2) is 0 Å². The van der Waals surface area contributed by atoms with Crippen molar-refractivity contribution in [2.45, 2.75) is 34.3 Å². The topological polar surface area (TPSA) is 38.8 Å². The van der Waals surface area contributed by atoms with Crippen LogP contribution in [0.5, 0.6) is 0 Å². The Labute approximate surface area is 134 Å². The highest BCUT2D eigenvalue weighted by Gasteiger charge is 2.30. The van der Waals surface area contributed by atoms with Crippen LogP contribution in [0.25, 0.3) is 0 Å². The highest BCUT2D eigenvalue weighted by Crippen LogP contribution is 2.19. The van der Waals surface area contributed by atoms with Crippen molar-refractivity contribution in [3.63, 3.8) is 0 Å². The molecule has 0 unspecified atom stereocenters. The molecular formula is C18H29NO3. The highest BCUT2D eigenvalue weighted by molar-refractivity contribution is 5.94. The lowest BCUT2D eigenvalue weighted by atomic mass is 9.99. The summed E-state index contributed by atoms with van der Waals surface area (Å²) in [6.07, 6.45) is 0. The van der Waals surface area contributed by atoms with Crippen LogP contribution >= 0.6 is 0 Å². The van der Waals surface area contributed by atoms with Crippen LogP contribution in [0.15, 0.2) is 24.3 Å². The number of carbonyl (C=O) groups excluding carboxylic acids is 1. The largest absolute Gasteiger partial charge is 0.381 e. The van der Waals surface area contributed by atoms with Gasteiger partial charge in [-0.3, -0.25) is 4.79 Å². The molecule has 4 nitrogen and oxygen atoms in total. The highest BCUT2D eigenvalue weighted by atomic mass is 16.5. The molecule has 0 aliphatic carbocycles. The van der Waals surface area contributed by atoms with Gasteiger partial charge in [0.1, 0.15) is 0 Å². The van der Waals surface area contributed by atoms with Crippen molar-refractivity contribution >= 4 is 5.91 Å². The minimum Gasteiger partial charge on any atom is -0.381 e. The first kappa shape index (κ1) is 18.7. The molecule has 1 aromatic rings. The molecule has 1 aliphatic rings. The second-order valence-electron chi connectivity index (χ2n) is 5.07. The van der Waals surface area contributed by atoms with E-state index in [0.29, 0.717) is 19.1 Å². The maximum absolute atomic E-state index is 12.2. The standard InChI is InChI=1S/C16H23NO3.C2H6/c1-3-19-11-13-5-7-15(8-6-13)16(18)17-9-14(10-17)12-20-4-2;1-2/h5-8,14H,3-4,9-12H2,1-2H3;1-2H3. The molecule has 0 aromatic heterocycles. The monoisotopic (exact) mass is 307 g/mol. The fourth-order valence-electron chi connectivity index (χ4n) is 2.27. The number of benzene rings is 1. The Balaban J connectivity index is 0.00000116. The van der Waals surface area contributed by atoms with E-state index in [1.54, 1.807) is 0 Å². The summed E-state index contributed by atoms with van der Waals surface area (Å²) >= 11 is 0. The smallest absolute Gasteiger partial charge is 0.253 e. The van der Waals surface area contributed by atoms with Gasteiger partial charge in [-0.25, -0.2) is 0 Å². The van der Waals surface area contributed by atoms with Crippen LogP contribution in [0.4, 0.5) is 0 Å². The van der Waals surface area contributed by atoms with E-state index in [-0.39, 0.29) is 5.91 Å². The van der Waals surface area contributed by atoms with Crippen molar-refractivity contribution in [2.75, 3.05) is 32.9 Å². The molecule has 0 radical (unpaired) electrons. The van der Waals surface area contributed by atoms with Gasteiger partial charge in [0, 0.05) is 37.8 Å². The van der Waals surface area contributed by atoms with Crippen LogP contribution in [0.1, 0.15) is 43.6 Å². The second kappa shape index (κ2) is 10.4. The molecule has 1 saturated heterocycles. The van der Waals surface area contributed by atoms with Crippen molar-refractivity contribution in [2.24, 2.45) is 5.92 Å². The number of amides is 1. The zero-order valence-corrected chi connectivity index (χ0v) is 14.3. The quantitative estimate of drug-likeness (QED) is 0.775. The van der Waals surface area contributed by atoms with Gasteiger partial charge in [-0.15, -0.1) is 0 Å². The lowest BCUT2D eigenvalue weighted by Gasteiger charge is -2.39. The first-order valence-electron chi connectivity index (χ1n) is 8.28. The Kier molecular flexibility index (Phi) is 8.78. The van der Waals surface area contributed by atoms with Crippen LogP contribution in [0.3, 0.4) is 0 Å². The van der Waals surface area contributed by atoms with Crippen LogP contribution in [0, 0.1) is 5.92 Å². The molecule has 2 rings (SSSR count). The number of rotatable bonds is 7. The van der Waals surface area contributed by atoms with E-state index >= 15 is 0 Å². The minimum absolute atomic E-state index is 0.112. The lowest BCUT2D eigenvalue weighted by Crippen LogP contribution is -2.51. The van der Waals surface area contributed by atoms with Crippen molar-refractivity contribution in [1.82, 2.24) is 4.90 Å². The predicted molar refractivity (Wildman–Crippen MR) is 89.0 cm³/mol. The molecule has 1 aromatic carbocycles. The fourth-order valence-corrected chi connectivity index (χ4v) is 2.27. The minimum atomic E-state index is 0.112. The van der Waals surface area contributed by atoms with E-state index in [4.69, 9.17) is 9.47 Å². The fraction of sp³-hybridized carbons (Fsp3) is 0.611. The molecule has 1 heterocycles. The summed E-state index contributed by atoms with van der Waals surface area (Å²) in [4.78, 5) is 14.1. The number of carbonyl (C=O) groups is 1. The van der Waals surface area contributed by atoms with E-state index in [9.17, 15) is 4.79 Å². The molecule has 4 heteroatoms. The van der Waals surface area contributed by atoms with Crippen LogP contribution in [-0.2, 0) is 16.1 Å². The zero-order valence-electron chi connectivity index (χ0n) is 14.3. The zero-order chi connectivity index (χ0) is 16.4. The molecule has 0 atom stereocenters. The van der Waals surface area contributed by atoms with Gasteiger partial charge in [-0.1, -0.05) is 26.0 Å². The van der Waals surface area contributed by atoms with E-state index in [2.05, 4.69) is 0 Å². The number of hydrogen-bond donors (Lipinski definition) is 0. The summed E-state index contributed by atoms with van der Waals surface area (Å²) in [6.45, 7) is 12.4. The van der Waals surface area contributed by atoms with E-state index in [1.807, 2.05) is 56.9 Å². The second-order valence-corrected chi connectivity index (χ2v) is 5.07. The predicted octanol–water partition coefficient (Wildman–Crippen LogP) is 3.36. The van der Waals surface area contributed by atoms with Gasteiger partial charge in [0.05, 0.1) is 13.2 Å². The third kappa shape index (κ3) is 5.43. The molecule has 1 fully saturated rings. The van der Waals surface area contributed by atoms with Gasteiger partial charge in [-0.05, 0) is 31.5 Å². The SMILES string of the molecule is CC.CCOCc1ccc(C(=O)N2CC(COCC)C2)cc1. The van der Waals surface area contributed by atoms with E-state index in [0.717, 1.165) is 37.4 Å². The molecule has 0 bridgehead atoms. The number of nitrogens with zero attached hydrogens (tertiary/aromatic N) is 1. The molecule has 22 heavy (non-hydrogen) atoms. The van der Waals surface area contributed by atoms with Crippen molar-refractivity contribution in [3.05, 3.63) is 35.4 Å². The molecule has 0 N–H and O–H groups in total. The summed E-state index contributed by atoms with van der Waals surface area (Å²) in [6, 6.07) is 7.68. The van der Waals surface area contributed by atoms with Crippen molar-refractivity contribution < 1.29 is 14.3 Å². The summed E-state index contributed by atoms with van der Waals surface area (Å²) in [5.41, 5.74) is 1.85.